The normalized spacial score (nSPS) is 11.5. The fourth-order valence-electron chi connectivity index (χ4n) is 2.98. The molecule has 174 valence electrons. The van der Waals surface area contributed by atoms with E-state index < -0.39 is 17.9 Å². The molecule has 0 aliphatic rings. The van der Waals surface area contributed by atoms with Crippen molar-refractivity contribution in [3.63, 3.8) is 0 Å². The lowest BCUT2D eigenvalue weighted by atomic mass is 10.1. The highest BCUT2D eigenvalue weighted by Crippen LogP contribution is 2.13. The van der Waals surface area contributed by atoms with E-state index in [1.165, 1.54) is 25.7 Å². The summed E-state index contributed by atoms with van der Waals surface area (Å²) in [6, 6.07) is 5.64. The van der Waals surface area contributed by atoms with Gasteiger partial charge in [-0.05, 0) is 56.5 Å². The highest BCUT2D eigenvalue weighted by Gasteiger charge is 2.17. The van der Waals surface area contributed by atoms with Gasteiger partial charge in [-0.2, -0.15) is 0 Å². The first-order valence-electron chi connectivity index (χ1n) is 11.2. The molecule has 1 unspecified atom stereocenters. The average Bonchev–Trinajstić information content (AvgIpc) is 2.76. The van der Waals surface area contributed by atoms with Crippen molar-refractivity contribution in [3.8, 4) is 5.75 Å². The molecular formula is C23H37N3O5. The number of hydrogen-bond donors (Lipinski definition) is 3. The Hall–Kier alpha value is -2.61. The molecule has 1 aromatic carbocycles. The average molecular weight is 436 g/mol. The summed E-state index contributed by atoms with van der Waals surface area (Å²) in [5.74, 6) is -0.978. The molecule has 2 amide bonds. The van der Waals surface area contributed by atoms with Gasteiger partial charge in [-0.25, -0.2) is 4.79 Å². The fraction of sp³-hybridized carbons (Fsp3) is 0.609. The lowest BCUT2D eigenvalue weighted by Gasteiger charge is -2.15. The van der Waals surface area contributed by atoms with Gasteiger partial charge in [0.2, 0.25) is 5.91 Å². The maximum atomic E-state index is 12.1. The minimum absolute atomic E-state index is 0.261. The van der Waals surface area contributed by atoms with Crippen LogP contribution in [-0.4, -0.2) is 43.6 Å². The van der Waals surface area contributed by atoms with Crippen LogP contribution in [0.2, 0.25) is 0 Å². The van der Waals surface area contributed by atoms with Gasteiger partial charge < -0.3 is 26.3 Å². The number of unbranched alkanes of at least 4 members (excludes halogenated alkanes) is 6. The van der Waals surface area contributed by atoms with Gasteiger partial charge in [0.15, 0.2) is 6.61 Å². The summed E-state index contributed by atoms with van der Waals surface area (Å²) >= 11 is 0. The maximum absolute atomic E-state index is 12.1. The van der Waals surface area contributed by atoms with Crippen molar-refractivity contribution < 1.29 is 23.9 Å². The van der Waals surface area contributed by atoms with Crippen LogP contribution in [0.15, 0.2) is 24.3 Å². The van der Waals surface area contributed by atoms with E-state index in [0.717, 1.165) is 19.3 Å². The van der Waals surface area contributed by atoms with Gasteiger partial charge in [0.05, 0.1) is 12.2 Å². The summed E-state index contributed by atoms with van der Waals surface area (Å²) in [4.78, 5) is 35.5. The summed E-state index contributed by atoms with van der Waals surface area (Å²) < 4.78 is 10.7. The molecule has 8 nitrogen and oxygen atoms in total. The smallest absolute Gasteiger partial charge is 0.338 e. The molecule has 8 heteroatoms. The molecule has 0 aliphatic heterocycles. The van der Waals surface area contributed by atoms with E-state index >= 15 is 0 Å². The first-order chi connectivity index (χ1) is 15.0. The second kappa shape index (κ2) is 16.1. The predicted molar refractivity (Wildman–Crippen MR) is 120 cm³/mol. The van der Waals surface area contributed by atoms with Crippen molar-refractivity contribution in [1.29, 1.82) is 0 Å². The molecule has 1 aromatic rings. The molecule has 0 saturated heterocycles. The zero-order valence-electron chi connectivity index (χ0n) is 18.6. The van der Waals surface area contributed by atoms with Crippen LogP contribution in [0.3, 0.4) is 0 Å². The number of primary amides is 1. The van der Waals surface area contributed by atoms with Crippen LogP contribution >= 0.6 is 0 Å². The number of carbonyl (C=O) groups is 3. The van der Waals surface area contributed by atoms with Crippen molar-refractivity contribution in [2.45, 2.75) is 70.8 Å². The molecule has 1 atom stereocenters. The van der Waals surface area contributed by atoms with Gasteiger partial charge in [-0.15, -0.1) is 0 Å². The van der Waals surface area contributed by atoms with E-state index in [9.17, 15) is 14.4 Å². The van der Waals surface area contributed by atoms with E-state index in [1.807, 2.05) is 0 Å². The Kier molecular flexibility index (Phi) is 13.7. The number of amides is 2. The third-order valence-corrected chi connectivity index (χ3v) is 4.82. The number of rotatable bonds is 17. The van der Waals surface area contributed by atoms with Crippen LogP contribution in [0.5, 0.6) is 5.75 Å². The number of carbonyl (C=O) groups excluding carboxylic acids is 3. The first-order valence-corrected chi connectivity index (χ1v) is 11.2. The highest BCUT2D eigenvalue weighted by molar-refractivity contribution is 5.89. The Bertz CT molecular complexity index is 664. The monoisotopic (exact) mass is 435 g/mol. The lowest BCUT2D eigenvalue weighted by Crippen LogP contribution is -2.46. The molecule has 0 spiro atoms. The molecule has 0 heterocycles. The molecule has 5 N–H and O–H groups in total. The number of ether oxygens (including phenoxy) is 2. The zero-order chi connectivity index (χ0) is 22.9. The Morgan fingerprint density at radius 3 is 2.29 bits per heavy atom. The van der Waals surface area contributed by atoms with E-state index in [2.05, 4.69) is 12.2 Å². The summed E-state index contributed by atoms with van der Waals surface area (Å²) in [5, 5.41) is 2.57. The van der Waals surface area contributed by atoms with Gasteiger partial charge in [0.25, 0.3) is 5.91 Å². The summed E-state index contributed by atoms with van der Waals surface area (Å²) in [7, 11) is 0. The van der Waals surface area contributed by atoms with Crippen molar-refractivity contribution in [2.24, 2.45) is 11.5 Å². The SMILES string of the molecule is CCCCCCCCOC(=O)c1ccc(OCC(=O)NC(CCCCN)C(N)=O)cc1. The van der Waals surface area contributed by atoms with Crippen LogP contribution < -0.4 is 21.5 Å². The topological polar surface area (TPSA) is 134 Å². The minimum Gasteiger partial charge on any atom is -0.484 e. The molecular weight excluding hydrogens is 398 g/mol. The molecule has 0 bridgehead atoms. The second-order valence-electron chi connectivity index (χ2n) is 7.52. The number of hydrogen-bond acceptors (Lipinski definition) is 6. The van der Waals surface area contributed by atoms with Crippen LogP contribution in [0.4, 0.5) is 0 Å². The number of nitrogens with one attached hydrogen (secondary N) is 1. The van der Waals surface area contributed by atoms with Gasteiger partial charge in [0, 0.05) is 0 Å². The molecule has 1 rings (SSSR count). The third kappa shape index (κ3) is 12.0. The van der Waals surface area contributed by atoms with Crippen molar-refractivity contribution in [2.75, 3.05) is 19.8 Å². The summed E-state index contributed by atoms with van der Waals surface area (Å²) in [6.45, 7) is 2.85. The van der Waals surface area contributed by atoms with E-state index in [-0.39, 0.29) is 12.6 Å². The van der Waals surface area contributed by atoms with Gasteiger partial charge in [-0.1, -0.05) is 39.0 Å². The van der Waals surface area contributed by atoms with Crippen molar-refractivity contribution in [1.82, 2.24) is 5.32 Å². The largest absolute Gasteiger partial charge is 0.484 e. The molecule has 0 saturated carbocycles. The zero-order valence-corrected chi connectivity index (χ0v) is 18.6. The quantitative estimate of drug-likeness (QED) is 0.254. The van der Waals surface area contributed by atoms with Crippen molar-refractivity contribution >= 4 is 17.8 Å². The van der Waals surface area contributed by atoms with Gasteiger partial charge in [0.1, 0.15) is 11.8 Å². The molecule has 0 radical (unpaired) electrons. The molecule has 0 aromatic heterocycles. The standard InChI is InChI=1S/C23H37N3O5/c1-2-3-4-5-6-9-16-30-23(29)18-11-13-19(14-12-18)31-17-21(27)26-20(22(25)28)10-7-8-15-24/h11-14,20H,2-10,15-17,24H2,1H3,(H2,25,28)(H,26,27). The first kappa shape index (κ1) is 26.4. The van der Waals surface area contributed by atoms with Gasteiger partial charge >= 0.3 is 5.97 Å². The predicted octanol–water partition coefficient (Wildman–Crippen LogP) is 2.68. The van der Waals surface area contributed by atoms with E-state index in [4.69, 9.17) is 20.9 Å². The van der Waals surface area contributed by atoms with Gasteiger partial charge in [-0.3, -0.25) is 9.59 Å². The Labute approximate surface area is 185 Å². The van der Waals surface area contributed by atoms with E-state index in [1.54, 1.807) is 24.3 Å². The van der Waals surface area contributed by atoms with E-state index in [0.29, 0.717) is 37.3 Å². The Morgan fingerprint density at radius 2 is 1.65 bits per heavy atom. The minimum atomic E-state index is -0.744. The molecule has 31 heavy (non-hydrogen) atoms. The highest BCUT2D eigenvalue weighted by atomic mass is 16.5. The fourth-order valence-corrected chi connectivity index (χ4v) is 2.98. The van der Waals surface area contributed by atoms with Crippen molar-refractivity contribution in [3.05, 3.63) is 29.8 Å². The number of nitrogens with two attached hydrogens (primary N) is 2. The van der Waals surface area contributed by atoms with Crippen LogP contribution in [0.1, 0.15) is 75.1 Å². The summed E-state index contributed by atoms with van der Waals surface area (Å²) in [5.41, 5.74) is 11.2. The lowest BCUT2D eigenvalue weighted by molar-refractivity contribution is -0.128. The molecule has 0 fully saturated rings. The number of esters is 1. The Balaban J connectivity index is 2.33. The Morgan fingerprint density at radius 1 is 0.968 bits per heavy atom. The summed E-state index contributed by atoms with van der Waals surface area (Å²) in [6.07, 6.45) is 8.66. The third-order valence-electron chi connectivity index (χ3n) is 4.82. The maximum Gasteiger partial charge on any atom is 0.338 e. The second-order valence-corrected chi connectivity index (χ2v) is 7.52. The molecule has 0 aliphatic carbocycles. The number of benzene rings is 1. The van der Waals surface area contributed by atoms with Crippen LogP contribution in [0.25, 0.3) is 0 Å². The van der Waals surface area contributed by atoms with Crippen LogP contribution in [-0.2, 0) is 14.3 Å². The van der Waals surface area contributed by atoms with Crippen LogP contribution in [0, 0.1) is 0 Å².